The summed E-state index contributed by atoms with van der Waals surface area (Å²) in [6, 6.07) is 7.43. The number of carbonyl (C=O) groups excluding carboxylic acids is 1. The Kier molecular flexibility index (Phi) is 4.56. The van der Waals surface area contributed by atoms with Crippen molar-refractivity contribution in [1.82, 2.24) is 18.7 Å². The summed E-state index contributed by atoms with van der Waals surface area (Å²) in [5, 5.41) is 0. The van der Waals surface area contributed by atoms with Crippen molar-refractivity contribution in [2.45, 2.75) is 27.3 Å². The Hall–Kier alpha value is -3.36. The van der Waals surface area contributed by atoms with E-state index >= 15 is 0 Å². The van der Waals surface area contributed by atoms with Crippen molar-refractivity contribution in [3.05, 3.63) is 45.1 Å². The number of hydrogen-bond donors (Lipinski definition) is 0. The normalized spacial score (nSPS) is 13.7. The first-order valence-corrected chi connectivity index (χ1v) is 9.79. The largest absolute Gasteiger partial charge is 0.486 e. The number of aryl methyl sites for hydroxylation is 1. The van der Waals surface area contributed by atoms with Crippen molar-refractivity contribution < 1.29 is 9.53 Å². The molecule has 0 saturated heterocycles. The number of rotatable bonds is 4. The molecule has 4 rings (SSSR count). The van der Waals surface area contributed by atoms with Crippen molar-refractivity contribution in [2.24, 2.45) is 19.5 Å². The van der Waals surface area contributed by atoms with E-state index in [0.717, 1.165) is 10.3 Å². The van der Waals surface area contributed by atoms with Gasteiger partial charge in [0, 0.05) is 44.4 Å². The van der Waals surface area contributed by atoms with Gasteiger partial charge in [0.25, 0.3) is 5.56 Å². The fourth-order valence-corrected chi connectivity index (χ4v) is 3.50. The first-order chi connectivity index (χ1) is 14.1. The molecule has 0 spiro atoms. The third-order valence-corrected chi connectivity index (χ3v) is 5.45. The lowest BCUT2D eigenvalue weighted by molar-refractivity contribution is -0.128. The van der Waals surface area contributed by atoms with Crippen LogP contribution in [-0.2, 0) is 25.4 Å². The number of benzene rings is 1. The average Bonchev–Trinajstić information content (AvgIpc) is 3.27. The highest BCUT2D eigenvalue weighted by molar-refractivity contribution is 5.85. The summed E-state index contributed by atoms with van der Waals surface area (Å²) in [7, 11) is 3.08. The molecule has 3 aromatic rings. The predicted octanol–water partition coefficient (Wildman–Crippen LogP) is 1.58. The summed E-state index contributed by atoms with van der Waals surface area (Å²) >= 11 is 0. The molecule has 0 amide bonds. The predicted molar refractivity (Wildman–Crippen MR) is 114 cm³/mol. The lowest BCUT2D eigenvalue weighted by Gasteiger charge is -2.19. The molecular formula is C21H25N5O4. The fourth-order valence-electron chi connectivity index (χ4n) is 3.50. The van der Waals surface area contributed by atoms with Crippen LogP contribution in [0.3, 0.4) is 0 Å². The summed E-state index contributed by atoms with van der Waals surface area (Å²) in [5.74, 6) is 1.21. The zero-order chi connectivity index (χ0) is 21.8. The summed E-state index contributed by atoms with van der Waals surface area (Å²) in [6.07, 6.45) is 0. The van der Waals surface area contributed by atoms with Gasteiger partial charge in [-0.1, -0.05) is 26.8 Å². The summed E-state index contributed by atoms with van der Waals surface area (Å²) in [4.78, 5) is 43.6. The van der Waals surface area contributed by atoms with E-state index in [1.165, 1.54) is 11.6 Å². The highest BCUT2D eigenvalue weighted by Crippen LogP contribution is 2.33. The van der Waals surface area contributed by atoms with Gasteiger partial charge in [0.05, 0.1) is 0 Å². The van der Waals surface area contributed by atoms with E-state index < -0.39 is 11.1 Å². The van der Waals surface area contributed by atoms with Crippen LogP contribution >= 0.6 is 0 Å². The van der Waals surface area contributed by atoms with E-state index in [2.05, 4.69) is 4.98 Å². The Morgan fingerprint density at radius 2 is 1.87 bits per heavy atom. The van der Waals surface area contributed by atoms with Crippen molar-refractivity contribution in [3.63, 3.8) is 0 Å². The molecule has 2 aromatic heterocycles. The molecule has 1 aromatic carbocycles. The Bertz CT molecular complexity index is 1280. The highest BCUT2D eigenvalue weighted by Gasteiger charge is 2.28. The van der Waals surface area contributed by atoms with Crippen LogP contribution in [0.5, 0.6) is 5.75 Å². The maximum absolute atomic E-state index is 12.7. The standard InChI is InChI=1S/C21H25N5O4/c1-21(2,3)15(27)12-30-14-8-6-7-13(11-14)25-9-10-26-16-17(22-19(25)26)23(4)20(29)24(5)18(16)28/h6-8,11H,9-10,12H2,1-5H3. The minimum atomic E-state index is -0.459. The van der Waals surface area contributed by atoms with Crippen LogP contribution in [0.1, 0.15) is 20.8 Å². The number of ketones is 1. The second-order valence-corrected chi connectivity index (χ2v) is 8.55. The number of ether oxygens (including phenoxy) is 1. The van der Waals surface area contributed by atoms with Gasteiger partial charge in [-0.25, -0.2) is 4.79 Å². The number of hydrogen-bond acceptors (Lipinski definition) is 6. The minimum Gasteiger partial charge on any atom is -0.486 e. The van der Waals surface area contributed by atoms with Crippen LogP contribution in [-0.4, -0.2) is 37.6 Å². The second kappa shape index (κ2) is 6.86. The van der Waals surface area contributed by atoms with Gasteiger partial charge in [-0.3, -0.25) is 18.7 Å². The molecule has 9 heteroatoms. The molecule has 0 bridgehead atoms. The van der Waals surface area contributed by atoms with Gasteiger partial charge in [0.15, 0.2) is 16.9 Å². The lowest BCUT2D eigenvalue weighted by Crippen LogP contribution is -2.37. The molecule has 9 nitrogen and oxygen atoms in total. The minimum absolute atomic E-state index is 0.00359. The molecule has 0 aliphatic carbocycles. The number of nitrogens with zero attached hydrogens (tertiary/aromatic N) is 5. The second-order valence-electron chi connectivity index (χ2n) is 8.55. The molecule has 0 N–H and O–H groups in total. The summed E-state index contributed by atoms with van der Waals surface area (Å²) in [6.45, 7) is 6.80. The maximum Gasteiger partial charge on any atom is 0.332 e. The zero-order valence-electron chi connectivity index (χ0n) is 17.8. The van der Waals surface area contributed by atoms with Crippen molar-refractivity contribution >= 4 is 28.6 Å². The van der Waals surface area contributed by atoms with E-state index in [-0.39, 0.29) is 17.9 Å². The zero-order valence-corrected chi connectivity index (χ0v) is 17.8. The van der Waals surface area contributed by atoms with Gasteiger partial charge in [-0.15, -0.1) is 0 Å². The van der Waals surface area contributed by atoms with Crippen LogP contribution < -0.4 is 20.9 Å². The number of aromatic nitrogens is 4. The number of imidazole rings is 1. The Labute approximate surface area is 173 Å². The van der Waals surface area contributed by atoms with Gasteiger partial charge < -0.3 is 14.2 Å². The van der Waals surface area contributed by atoms with Crippen molar-refractivity contribution in [2.75, 3.05) is 18.1 Å². The van der Waals surface area contributed by atoms with Gasteiger partial charge in [0.2, 0.25) is 5.95 Å². The topological polar surface area (TPSA) is 91.4 Å². The van der Waals surface area contributed by atoms with E-state index in [0.29, 0.717) is 36.0 Å². The molecule has 0 atom stereocenters. The Morgan fingerprint density at radius 1 is 1.13 bits per heavy atom. The molecule has 158 valence electrons. The van der Waals surface area contributed by atoms with E-state index in [1.807, 2.05) is 48.4 Å². The molecule has 0 saturated carbocycles. The van der Waals surface area contributed by atoms with E-state index in [9.17, 15) is 14.4 Å². The number of Topliss-reactive ketones (excluding diaryl/α,β-unsaturated/α-hetero) is 1. The first-order valence-electron chi connectivity index (χ1n) is 9.79. The highest BCUT2D eigenvalue weighted by atomic mass is 16.5. The van der Waals surface area contributed by atoms with Gasteiger partial charge in [-0.05, 0) is 12.1 Å². The molecule has 0 unspecified atom stereocenters. The molecule has 3 heterocycles. The van der Waals surface area contributed by atoms with Crippen molar-refractivity contribution in [1.29, 1.82) is 0 Å². The molecule has 30 heavy (non-hydrogen) atoms. The van der Waals surface area contributed by atoms with Gasteiger partial charge in [0.1, 0.15) is 12.4 Å². The van der Waals surface area contributed by atoms with Crippen LogP contribution in [0.4, 0.5) is 11.6 Å². The number of carbonyl (C=O) groups is 1. The molecule has 1 aliphatic heterocycles. The van der Waals surface area contributed by atoms with Crippen LogP contribution in [0.2, 0.25) is 0 Å². The summed E-state index contributed by atoms with van der Waals surface area (Å²) in [5.41, 5.74) is 0.401. The van der Waals surface area contributed by atoms with E-state index in [1.54, 1.807) is 13.1 Å². The fraction of sp³-hybridized carbons (Fsp3) is 0.429. The SMILES string of the molecule is Cn1c(=O)c2c(nc3n2CCN3c2cccc(OCC(=O)C(C)(C)C)c2)n(C)c1=O. The Balaban J connectivity index is 1.70. The number of fused-ring (bicyclic) bond motifs is 3. The maximum atomic E-state index is 12.7. The van der Waals surface area contributed by atoms with Crippen molar-refractivity contribution in [3.8, 4) is 5.75 Å². The lowest BCUT2D eigenvalue weighted by atomic mass is 9.91. The van der Waals surface area contributed by atoms with Gasteiger partial charge in [-0.2, -0.15) is 4.98 Å². The molecular weight excluding hydrogens is 386 g/mol. The first kappa shape index (κ1) is 19.9. The Morgan fingerprint density at radius 3 is 2.57 bits per heavy atom. The number of anilines is 2. The summed E-state index contributed by atoms with van der Waals surface area (Å²) < 4.78 is 10.0. The van der Waals surface area contributed by atoms with Gasteiger partial charge >= 0.3 is 5.69 Å². The third-order valence-electron chi connectivity index (χ3n) is 5.45. The average molecular weight is 411 g/mol. The molecule has 0 fully saturated rings. The smallest absolute Gasteiger partial charge is 0.332 e. The molecule has 1 aliphatic rings. The monoisotopic (exact) mass is 411 g/mol. The molecule has 0 radical (unpaired) electrons. The van der Waals surface area contributed by atoms with Crippen LogP contribution in [0.15, 0.2) is 33.9 Å². The third kappa shape index (κ3) is 3.10. The van der Waals surface area contributed by atoms with Crippen LogP contribution in [0.25, 0.3) is 11.2 Å². The van der Waals surface area contributed by atoms with Crippen LogP contribution in [0, 0.1) is 5.41 Å². The quantitative estimate of drug-likeness (QED) is 0.647. The van der Waals surface area contributed by atoms with E-state index in [4.69, 9.17) is 4.74 Å².